The number of nitrogens with one attached hydrogen (secondary N) is 1. The zero-order chi connectivity index (χ0) is 20.6. The minimum atomic E-state index is -0.536. The fraction of sp³-hybridized carbons (Fsp3) is 0.120. The molecular formula is C25H19FN2OS. The molecule has 0 atom stereocenters. The quantitative estimate of drug-likeness (QED) is 0.417. The first kappa shape index (κ1) is 18.7. The number of nitrogens with zero attached hydrogens (tertiary/aromatic N) is 1. The lowest BCUT2D eigenvalue weighted by molar-refractivity contribution is -0.118. The van der Waals surface area contributed by atoms with Crippen LogP contribution in [0.25, 0.3) is 21.8 Å². The number of halogens is 1. The van der Waals surface area contributed by atoms with E-state index in [0.717, 1.165) is 45.9 Å². The highest BCUT2D eigenvalue weighted by molar-refractivity contribution is 7.13. The Balaban J connectivity index is 1.31. The smallest absolute Gasteiger partial charge is 0.235 e. The first-order valence-electron chi connectivity index (χ1n) is 9.83. The molecule has 4 aromatic rings. The van der Waals surface area contributed by atoms with Gasteiger partial charge in [0.15, 0.2) is 0 Å². The number of aromatic nitrogens is 1. The predicted molar refractivity (Wildman–Crippen MR) is 119 cm³/mol. The Kier molecular flexibility index (Phi) is 4.68. The average Bonchev–Trinajstić information content (AvgIpc) is 3.45. The van der Waals surface area contributed by atoms with E-state index in [1.54, 1.807) is 23.5 Å². The van der Waals surface area contributed by atoms with Crippen LogP contribution in [-0.4, -0.2) is 10.9 Å². The standard InChI is InChI=1S/C25H19FN2OS/c26-20-10-8-19(9-11-20)25(14-15-25)24(29)27-21-12-6-17(7-13-21)22-16-30-23(28-22)18-4-2-1-3-5-18/h1-13,16H,14-15H2,(H,27,29). The summed E-state index contributed by atoms with van der Waals surface area (Å²) in [5.41, 5.74) is 4.11. The maximum absolute atomic E-state index is 13.2. The number of anilines is 1. The molecule has 30 heavy (non-hydrogen) atoms. The molecule has 1 fully saturated rings. The highest BCUT2D eigenvalue weighted by Gasteiger charge is 2.51. The molecule has 1 aliphatic carbocycles. The van der Waals surface area contributed by atoms with Crippen molar-refractivity contribution < 1.29 is 9.18 Å². The second kappa shape index (κ2) is 7.50. The molecule has 5 heteroatoms. The van der Waals surface area contributed by atoms with Crippen LogP contribution in [0.3, 0.4) is 0 Å². The van der Waals surface area contributed by atoms with Crippen LogP contribution in [0.2, 0.25) is 0 Å². The van der Waals surface area contributed by atoms with E-state index in [1.165, 1.54) is 12.1 Å². The number of hydrogen-bond acceptors (Lipinski definition) is 3. The number of rotatable bonds is 5. The summed E-state index contributed by atoms with van der Waals surface area (Å²) in [5, 5.41) is 6.05. The molecule has 0 unspecified atom stereocenters. The largest absolute Gasteiger partial charge is 0.325 e. The third kappa shape index (κ3) is 3.53. The Hall–Kier alpha value is -3.31. The lowest BCUT2D eigenvalue weighted by Crippen LogP contribution is -2.27. The maximum atomic E-state index is 13.2. The fourth-order valence-corrected chi connectivity index (χ4v) is 4.47. The summed E-state index contributed by atoms with van der Waals surface area (Å²) < 4.78 is 13.2. The summed E-state index contributed by atoms with van der Waals surface area (Å²) in [6.07, 6.45) is 1.56. The SMILES string of the molecule is O=C(Nc1ccc(-c2csc(-c3ccccc3)n2)cc1)C1(c2ccc(F)cc2)CC1. The van der Waals surface area contributed by atoms with Crippen LogP contribution in [0, 0.1) is 5.82 Å². The molecule has 0 radical (unpaired) electrons. The molecule has 5 rings (SSSR count). The van der Waals surface area contributed by atoms with E-state index in [0.29, 0.717) is 0 Å². The van der Waals surface area contributed by atoms with Gasteiger partial charge in [0.05, 0.1) is 11.1 Å². The van der Waals surface area contributed by atoms with Crippen molar-refractivity contribution in [3.63, 3.8) is 0 Å². The van der Waals surface area contributed by atoms with Crippen molar-refractivity contribution in [2.45, 2.75) is 18.3 Å². The van der Waals surface area contributed by atoms with Gasteiger partial charge in [0.2, 0.25) is 5.91 Å². The molecule has 148 valence electrons. The summed E-state index contributed by atoms with van der Waals surface area (Å²) in [5.74, 6) is -0.329. The average molecular weight is 415 g/mol. The first-order valence-corrected chi connectivity index (χ1v) is 10.7. The van der Waals surface area contributed by atoms with E-state index in [4.69, 9.17) is 4.98 Å². The minimum absolute atomic E-state index is 0.0399. The van der Waals surface area contributed by atoms with Crippen molar-refractivity contribution in [1.29, 1.82) is 0 Å². The predicted octanol–water partition coefficient (Wildman–Crippen LogP) is 6.29. The molecule has 0 spiro atoms. The van der Waals surface area contributed by atoms with Crippen LogP contribution >= 0.6 is 11.3 Å². The molecule has 3 aromatic carbocycles. The topological polar surface area (TPSA) is 42.0 Å². The highest BCUT2D eigenvalue weighted by atomic mass is 32.1. The molecule has 1 N–H and O–H groups in total. The zero-order valence-corrected chi connectivity index (χ0v) is 17.0. The van der Waals surface area contributed by atoms with Crippen LogP contribution < -0.4 is 5.32 Å². The van der Waals surface area contributed by atoms with Crippen LogP contribution in [0.4, 0.5) is 10.1 Å². The van der Waals surface area contributed by atoms with Gasteiger partial charge < -0.3 is 5.32 Å². The van der Waals surface area contributed by atoms with Crippen molar-refractivity contribution in [2.75, 3.05) is 5.32 Å². The normalized spacial score (nSPS) is 14.3. The van der Waals surface area contributed by atoms with Gasteiger partial charge in [-0.15, -0.1) is 11.3 Å². The zero-order valence-electron chi connectivity index (χ0n) is 16.1. The van der Waals surface area contributed by atoms with E-state index in [1.807, 2.05) is 47.8 Å². The summed E-state index contributed by atoms with van der Waals surface area (Å²) in [6.45, 7) is 0. The number of hydrogen-bond donors (Lipinski definition) is 1. The summed E-state index contributed by atoms with van der Waals surface area (Å²) in [6, 6.07) is 24.1. The molecule has 1 aromatic heterocycles. The van der Waals surface area contributed by atoms with Crippen molar-refractivity contribution in [3.05, 3.63) is 95.6 Å². The van der Waals surface area contributed by atoms with E-state index in [9.17, 15) is 9.18 Å². The van der Waals surface area contributed by atoms with Gasteiger partial charge >= 0.3 is 0 Å². The first-order chi connectivity index (χ1) is 14.6. The van der Waals surface area contributed by atoms with Crippen LogP contribution in [0.5, 0.6) is 0 Å². The minimum Gasteiger partial charge on any atom is -0.325 e. The Morgan fingerprint density at radius 1 is 0.900 bits per heavy atom. The third-order valence-corrected chi connectivity index (χ3v) is 6.44. The van der Waals surface area contributed by atoms with Gasteiger partial charge in [-0.1, -0.05) is 54.6 Å². The van der Waals surface area contributed by atoms with Gasteiger partial charge in [-0.05, 0) is 42.7 Å². The summed E-state index contributed by atoms with van der Waals surface area (Å²) >= 11 is 1.62. The second-order valence-corrected chi connectivity index (χ2v) is 8.38. The lowest BCUT2D eigenvalue weighted by Gasteiger charge is -2.16. The van der Waals surface area contributed by atoms with Gasteiger partial charge in [-0.25, -0.2) is 9.37 Å². The van der Waals surface area contributed by atoms with Gasteiger partial charge in [0, 0.05) is 22.2 Å². The van der Waals surface area contributed by atoms with Gasteiger partial charge in [-0.2, -0.15) is 0 Å². The Labute approximate surface area is 178 Å². The Morgan fingerprint density at radius 3 is 2.27 bits per heavy atom. The van der Waals surface area contributed by atoms with Gasteiger partial charge in [0.25, 0.3) is 0 Å². The Bertz CT molecular complexity index is 1180. The molecule has 3 nitrogen and oxygen atoms in total. The number of carbonyl (C=O) groups excluding carboxylic acids is 1. The molecule has 1 amide bonds. The summed E-state index contributed by atoms with van der Waals surface area (Å²) in [4.78, 5) is 17.6. The third-order valence-electron chi connectivity index (χ3n) is 5.54. The van der Waals surface area contributed by atoms with Gasteiger partial charge in [-0.3, -0.25) is 4.79 Å². The number of thiazole rings is 1. The van der Waals surface area contributed by atoms with E-state index < -0.39 is 5.41 Å². The fourth-order valence-electron chi connectivity index (χ4n) is 3.64. The number of carbonyl (C=O) groups is 1. The molecule has 1 saturated carbocycles. The van der Waals surface area contributed by atoms with Crippen LogP contribution in [0.1, 0.15) is 18.4 Å². The molecule has 1 heterocycles. The molecule has 0 saturated heterocycles. The molecule has 1 aliphatic rings. The number of benzene rings is 3. The maximum Gasteiger partial charge on any atom is 0.235 e. The molecular weight excluding hydrogens is 395 g/mol. The second-order valence-electron chi connectivity index (χ2n) is 7.52. The van der Waals surface area contributed by atoms with Crippen molar-refractivity contribution in [2.24, 2.45) is 0 Å². The summed E-state index contributed by atoms with van der Waals surface area (Å²) in [7, 11) is 0. The lowest BCUT2D eigenvalue weighted by atomic mass is 9.95. The number of amides is 1. The van der Waals surface area contributed by atoms with Crippen LogP contribution in [0.15, 0.2) is 84.2 Å². The van der Waals surface area contributed by atoms with E-state index in [-0.39, 0.29) is 11.7 Å². The van der Waals surface area contributed by atoms with E-state index in [2.05, 4.69) is 17.4 Å². The molecule has 0 bridgehead atoms. The molecule has 0 aliphatic heterocycles. The highest BCUT2D eigenvalue weighted by Crippen LogP contribution is 2.49. The van der Waals surface area contributed by atoms with Crippen molar-refractivity contribution >= 4 is 22.9 Å². The van der Waals surface area contributed by atoms with Crippen molar-refractivity contribution in [1.82, 2.24) is 4.98 Å². The van der Waals surface area contributed by atoms with Crippen LogP contribution in [-0.2, 0) is 10.2 Å². The van der Waals surface area contributed by atoms with Crippen molar-refractivity contribution in [3.8, 4) is 21.8 Å². The monoisotopic (exact) mass is 414 g/mol. The van der Waals surface area contributed by atoms with E-state index >= 15 is 0 Å². The van der Waals surface area contributed by atoms with Gasteiger partial charge in [0.1, 0.15) is 10.8 Å². The Morgan fingerprint density at radius 2 is 1.60 bits per heavy atom.